The van der Waals surface area contributed by atoms with Crippen molar-refractivity contribution >= 4 is 27.1 Å². The Labute approximate surface area is 80.7 Å². The van der Waals surface area contributed by atoms with Gasteiger partial charge in [-0.05, 0) is 12.1 Å². The second kappa shape index (κ2) is 3.19. The molecule has 0 unspecified atom stereocenters. The second-order valence-corrected chi connectivity index (χ2v) is 3.63. The Morgan fingerprint density at radius 3 is 2.57 bits per heavy atom. The molecule has 0 aromatic heterocycles. The third-order valence-corrected chi connectivity index (χ3v) is 2.49. The molecule has 1 aliphatic heterocycles. The number of carbonyl (C=O) groups is 1. The lowest BCUT2D eigenvalue weighted by atomic mass is 10.2. The van der Waals surface area contributed by atoms with E-state index in [-0.39, 0.29) is 4.86 Å². The van der Waals surface area contributed by atoms with Crippen molar-refractivity contribution in [1.29, 1.82) is 0 Å². The van der Waals surface area contributed by atoms with Crippen LogP contribution in [0.25, 0.3) is 6.08 Å². The van der Waals surface area contributed by atoms with Crippen molar-refractivity contribution < 1.29 is 13.2 Å². The standard InChI is InChI=1S/C9H5NO3S/c11-9-8(14(12)13)5-6-3-1-2-4-7(6)10-9/h1-5H. The highest BCUT2D eigenvalue weighted by Gasteiger charge is 2.12. The summed E-state index contributed by atoms with van der Waals surface area (Å²) in [6.45, 7) is 0. The zero-order chi connectivity index (χ0) is 10.1. The number of para-hydroxylation sites is 1. The molecule has 0 fully saturated rings. The number of rotatable bonds is 0. The summed E-state index contributed by atoms with van der Waals surface area (Å²) < 4.78 is 21.3. The quantitative estimate of drug-likeness (QED) is 0.495. The molecule has 70 valence electrons. The van der Waals surface area contributed by atoms with Crippen molar-refractivity contribution in [3.05, 3.63) is 34.8 Å². The molecule has 0 saturated carbocycles. The lowest BCUT2D eigenvalue weighted by molar-refractivity contribution is -0.111. The Morgan fingerprint density at radius 1 is 1.14 bits per heavy atom. The van der Waals surface area contributed by atoms with Gasteiger partial charge in [-0.1, -0.05) is 18.2 Å². The number of hydrogen-bond acceptors (Lipinski definition) is 3. The van der Waals surface area contributed by atoms with E-state index in [0.717, 1.165) is 0 Å². The molecule has 1 aromatic carbocycles. The van der Waals surface area contributed by atoms with E-state index in [1.54, 1.807) is 24.3 Å². The van der Waals surface area contributed by atoms with Gasteiger partial charge in [-0.15, -0.1) is 0 Å². The Balaban J connectivity index is 2.94. The van der Waals surface area contributed by atoms with Crippen LogP contribution >= 0.6 is 0 Å². The Bertz CT molecular complexity index is 648. The van der Waals surface area contributed by atoms with E-state index < -0.39 is 16.2 Å². The monoisotopic (exact) mass is 207 g/mol. The average Bonchev–Trinajstić information content (AvgIpc) is 2.16. The number of hydrogen-bond donors (Lipinski definition) is 0. The van der Waals surface area contributed by atoms with E-state index in [1.807, 2.05) is 0 Å². The molecule has 2 rings (SSSR count). The topological polar surface area (TPSA) is 63.6 Å². The highest BCUT2D eigenvalue weighted by atomic mass is 32.2. The lowest BCUT2D eigenvalue weighted by Gasteiger charge is -1.97. The molecule has 0 bridgehead atoms. The number of carbonyl (C=O) groups excluding carboxylic acids is 1. The van der Waals surface area contributed by atoms with Gasteiger partial charge in [-0.2, -0.15) is 8.42 Å². The summed E-state index contributed by atoms with van der Waals surface area (Å²) in [5, 5.41) is 1.15. The molecule has 4 nitrogen and oxygen atoms in total. The van der Waals surface area contributed by atoms with Crippen molar-refractivity contribution in [3.8, 4) is 0 Å². The first-order chi connectivity index (χ1) is 6.68. The maximum Gasteiger partial charge on any atom is 0.293 e. The van der Waals surface area contributed by atoms with Gasteiger partial charge in [0.05, 0.1) is 5.36 Å². The van der Waals surface area contributed by atoms with Crippen molar-refractivity contribution in [3.63, 3.8) is 0 Å². The van der Waals surface area contributed by atoms with Crippen LogP contribution in [-0.2, 0) is 15.1 Å². The van der Waals surface area contributed by atoms with Crippen LogP contribution in [0.3, 0.4) is 0 Å². The maximum atomic E-state index is 11.2. The van der Waals surface area contributed by atoms with Gasteiger partial charge in [0.2, 0.25) is 10.3 Å². The molecule has 14 heavy (non-hydrogen) atoms. The maximum absolute atomic E-state index is 11.2. The van der Waals surface area contributed by atoms with Crippen LogP contribution in [0.2, 0.25) is 0 Å². The van der Waals surface area contributed by atoms with Gasteiger partial charge in [0.1, 0.15) is 0 Å². The van der Waals surface area contributed by atoms with Crippen LogP contribution in [0.15, 0.2) is 29.3 Å². The molecular weight excluding hydrogens is 202 g/mol. The van der Waals surface area contributed by atoms with Gasteiger partial charge in [-0.25, -0.2) is 4.99 Å². The third-order valence-electron chi connectivity index (χ3n) is 1.84. The number of amides is 1. The van der Waals surface area contributed by atoms with Crippen LogP contribution in [0.4, 0.5) is 0 Å². The fourth-order valence-electron chi connectivity index (χ4n) is 1.20. The summed E-state index contributed by atoms with van der Waals surface area (Å²) >= 11 is 0. The second-order valence-electron chi connectivity index (χ2n) is 2.72. The van der Waals surface area contributed by atoms with Crippen LogP contribution < -0.4 is 10.6 Å². The molecule has 0 N–H and O–H groups in total. The normalized spacial score (nSPS) is 14.0. The van der Waals surface area contributed by atoms with Crippen molar-refractivity contribution in [2.24, 2.45) is 4.99 Å². The Morgan fingerprint density at radius 2 is 1.86 bits per heavy atom. The number of benzene rings is 1. The predicted octanol–water partition coefficient (Wildman–Crippen LogP) is -1.32. The molecule has 0 radical (unpaired) electrons. The summed E-state index contributed by atoms with van der Waals surface area (Å²) in [7, 11) is -2.52. The molecule has 1 aliphatic rings. The summed E-state index contributed by atoms with van der Waals surface area (Å²) in [6.07, 6.45) is 1.33. The molecule has 1 heterocycles. The van der Waals surface area contributed by atoms with Gasteiger partial charge in [-0.3, -0.25) is 4.79 Å². The molecular formula is C9H5NO3S. The van der Waals surface area contributed by atoms with E-state index in [0.29, 0.717) is 10.6 Å². The minimum atomic E-state index is -2.52. The molecule has 0 saturated heterocycles. The van der Waals surface area contributed by atoms with Crippen LogP contribution in [0.1, 0.15) is 0 Å². The predicted molar refractivity (Wildman–Crippen MR) is 50.6 cm³/mol. The van der Waals surface area contributed by atoms with E-state index >= 15 is 0 Å². The highest BCUT2D eigenvalue weighted by molar-refractivity contribution is 7.75. The van der Waals surface area contributed by atoms with Gasteiger partial charge >= 0.3 is 0 Å². The average molecular weight is 207 g/mol. The first-order valence-corrected chi connectivity index (χ1v) is 4.92. The molecule has 1 amide bonds. The SMILES string of the molecule is O=C1N=c2ccccc2=CC1=S(=O)=O. The number of fused-ring (bicyclic) bond motifs is 1. The van der Waals surface area contributed by atoms with Crippen molar-refractivity contribution in [1.82, 2.24) is 0 Å². The minimum absolute atomic E-state index is 0.288. The summed E-state index contributed by atoms with van der Waals surface area (Å²) in [5.41, 5.74) is 0. The Hall–Kier alpha value is -1.75. The molecule has 1 aromatic rings. The fraction of sp³-hybridized carbons (Fsp3) is 0. The lowest BCUT2D eigenvalue weighted by Crippen LogP contribution is -2.33. The first kappa shape index (κ1) is 8.83. The van der Waals surface area contributed by atoms with Crippen LogP contribution in [0.5, 0.6) is 0 Å². The fourth-order valence-corrected chi connectivity index (χ4v) is 1.61. The zero-order valence-electron chi connectivity index (χ0n) is 6.97. The Kier molecular flexibility index (Phi) is 2.01. The zero-order valence-corrected chi connectivity index (χ0v) is 7.78. The van der Waals surface area contributed by atoms with Crippen molar-refractivity contribution in [2.75, 3.05) is 0 Å². The van der Waals surface area contributed by atoms with Crippen LogP contribution in [-0.4, -0.2) is 19.2 Å². The largest absolute Gasteiger partial charge is 0.293 e. The molecule has 0 aliphatic carbocycles. The van der Waals surface area contributed by atoms with Gasteiger partial charge in [0.25, 0.3) is 5.91 Å². The minimum Gasteiger partial charge on any atom is -0.266 e. The van der Waals surface area contributed by atoms with Crippen molar-refractivity contribution in [2.45, 2.75) is 0 Å². The van der Waals surface area contributed by atoms with Gasteiger partial charge < -0.3 is 0 Å². The van der Waals surface area contributed by atoms with E-state index in [4.69, 9.17) is 0 Å². The summed E-state index contributed by atoms with van der Waals surface area (Å²) in [5.74, 6) is -0.711. The highest BCUT2D eigenvalue weighted by Crippen LogP contribution is 1.87. The molecule has 0 spiro atoms. The molecule has 5 heteroatoms. The van der Waals surface area contributed by atoms with E-state index in [2.05, 4.69) is 4.99 Å². The smallest absolute Gasteiger partial charge is 0.266 e. The van der Waals surface area contributed by atoms with E-state index in [9.17, 15) is 13.2 Å². The van der Waals surface area contributed by atoms with Gasteiger partial charge in [0.15, 0.2) is 4.86 Å². The summed E-state index contributed by atoms with van der Waals surface area (Å²) in [6, 6.07) is 6.86. The summed E-state index contributed by atoms with van der Waals surface area (Å²) in [4.78, 5) is 14.5. The van der Waals surface area contributed by atoms with Crippen LogP contribution in [0, 0.1) is 0 Å². The first-order valence-electron chi connectivity index (χ1n) is 3.84. The number of nitrogens with zero attached hydrogens (tertiary/aromatic N) is 1. The molecule has 0 atom stereocenters. The van der Waals surface area contributed by atoms with Gasteiger partial charge in [0, 0.05) is 5.22 Å². The third kappa shape index (κ3) is 1.38. The van der Waals surface area contributed by atoms with E-state index in [1.165, 1.54) is 6.08 Å².